The smallest absolute Gasteiger partial charge is 0.267 e. The summed E-state index contributed by atoms with van der Waals surface area (Å²) < 4.78 is 30.2. The molecule has 1 aromatic carbocycles. The van der Waals surface area contributed by atoms with Gasteiger partial charge in [-0.15, -0.1) is 0 Å². The number of rotatable bonds is 3. The molecule has 1 spiro atoms. The minimum atomic E-state index is -3.56. The van der Waals surface area contributed by atoms with E-state index >= 15 is 0 Å². The first-order valence-electron chi connectivity index (χ1n) is 9.27. The molecule has 0 atom stereocenters. The first-order valence-corrected chi connectivity index (χ1v) is 10.7. The molecule has 5 nitrogen and oxygen atoms in total. The Morgan fingerprint density at radius 1 is 1.08 bits per heavy atom. The summed E-state index contributed by atoms with van der Waals surface area (Å²) in [5.74, 6) is 0. The number of benzene rings is 1. The Morgan fingerprint density at radius 2 is 1.84 bits per heavy atom. The van der Waals surface area contributed by atoms with Crippen molar-refractivity contribution in [3.05, 3.63) is 42.2 Å². The fourth-order valence-corrected chi connectivity index (χ4v) is 6.22. The van der Waals surface area contributed by atoms with Crippen molar-refractivity contribution in [1.29, 1.82) is 0 Å². The second kappa shape index (κ2) is 5.34. The SMILES string of the molecule is O=S(=O)(c1cnn(C2CCC2)c1)N1CC2(CCCC2)c2ccccc21. The Balaban J connectivity index is 1.55. The van der Waals surface area contributed by atoms with Crippen LogP contribution in [0.3, 0.4) is 0 Å². The van der Waals surface area contributed by atoms with Gasteiger partial charge in [0.05, 0.1) is 17.9 Å². The Kier molecular flexibility index (Phi) is 3.29. The van der Waals surface area contributed by atoms with Crippen LogP contribution in [0.15, 0.2) is 41.6 Å². The highest BCUT2D eigenvalue weighted by Crippen LogP contribution is 2.51. The first kappa shape index (κ1) is 15.4. The summed E-state index contributed by atoms with van der Waals surface area (Å²) in [6, 6.07) is 8.41. The van der Waals surface area contributed by atoms with Gasteiger partial charge < -0.3 is 0 Å². The van der Waals surface area contributed by atoms with E-state index in [2.05, 4.69) is 11.2 Å². The molecule has 6 heteroatoms. The molecule has 132 valence electrons. The lowest BCUT2D eigenvalue weighted by Gasteiger charge is -2.26. The van der Waals surface area contributed by atoms with Crippen LogP contribution in [0.1, 0.15) is 56.6 Å². The standard InChI is InChI=1S/C19H23N3O2S/c23-25(24,16-12-20-21(13-16)15-6-5-7-15)22-14-19(10-3-4-11-19)17-8-1-2-9-18(17)22/h1-2,8-9,12-13,15H,3-7,10-11,14H2. The van der Waals surface area contributed by atoms with Gasteiger partial charge in [0.1, 0.15) is 4.90 Å². The zero-order valence-corrected chi connectivity index (χ0v) is 15.1. The van der Waals surface area contributed by atoms with E-state index in [0.29, 0.717) is 17.5 Å². The van der Waals surface area contributed by atoms with Crippen LogP contribution in [0.4, 0.5) is 5.69 Å². The number of nitrogens with zero attached hydrogens (tertiary/aromatic N) is 3. The van der Waals surface area contributed by atoms with E-state index in [-0.39, 0.29) is 5.41 Å². The van der Waals surface area contributed by atoms with Gasteiger partial charge in [0, 0.05) is 18.2 Å². The summed E-state index contributed by atoms with van der Waals surface area (Å²) in [6.07, 6.45) is 11.2. The number of fused-ring (bicyclic) bond motifs is 2. The highest BCUT2D eigenvalue weighted by atomic mass is 32.2. The van der Waals surface area contributed by atoms with Crippen molar-refractivity contribution in [2.75, 3.05) is 10.8 Å². The van der Waals surface area contributed by atoms with E-state index in [9.17, 15) is 8.42 Å². The van der Waals surface area contributed by atoms with Crippen molar-refractivity contribution in [2.24, 2.45) is 0 Å². The highest BCUT2D eigenvalue weighted by molar-refractivity contribution is 7.92. The van der Waals surface area contributed by atoms with Crippen molar-refractivity contribution in [2.45, 2.75) is 61.3 Å². The predicted molar refractivity (Wildman–Crippen MR) is 96.2 cm³/mol. The van der Waals surface area contributed by atoms with Crippen LogP contribution in [0.2, 0.25) is 0 Å². The van der Waals surface area contributed by atoms with Gasteiger partial charge in [-0.25, -0.2) is 8.42 Å². The van der Waals surface area contributed by atoms with Crippen molar-refractivity contribution >= 4 is 15.7 Å². The zero-order valence-electron chi connectivity index (χ0n) is 14.3. The van der Waals surface area contributed by atoms with Gasteiger partial charge in [0.2, 0.25) is 0 Å². The number of hydrogen-bond acceptors (Lipinski definition) is 3. The minimum Gasteiger partial charge on any atom is -0.268 e. The second-order valence-electron chi connectivity index (χ2n) is 7.76. The van der Waals surface area contributed by atoms with Crippen LogP contribution >= 0.6 is 0 Å². The molecule has 2 heterocycles. The predicted octanol–water partition coefficient (Wildman–Crippen LogP) is 3.63. The molecule has 25 heavy (non-hydrogen) atoms. The minimum absolute atomic E-state index is 0.00757. The third kappa shape index (κ3) is 2.19. The normalized spacial score (nSPS) is 22.3. The maximum atomic E-state index is 13.4. The molecule has 3 aliphatic rings. The van der Waals surface area contributed by atoms with Gasteiger partial charge in [0.15, 0.2) is 0 Å². The molecule has 0 unspecified atom stereocenters. The van der Waals surface area contributed by atoms with Gasteiger partial charge in [0.25, 0.3) is 10.0 Å². The van der Waals surface area contributed by atoms with Gasteiger partial charge in [-0.05, 0) is 43.7 Å². The third-order valence-corrected chi connectivity index (χ3v) is 8.08. The van der Waals surface area contributed by atoms with Gasteiger partial charge in [-0.1, -0.05) is 31.0 Å². The van der Waals surface area contributed by atoms with Crippen LogP contribution in [0, 0.1) is 0 Å². The molecule has 0 N–H and O–H groups in total. The Hall–Kier alpha value is -1.82. The molecule has 1 aliphatic heterocycles. The number of hydrogen-bond donors (Lipinski definition) is 0. The Morgan fingerprint density at radius 3 is 2.56 bits per heavy atom. The number of para-hydroxylation sites is 1. The lowest BCUT2D eigenvalue weighted by molar-refractivity contribution is 0.289. The molecule has 0 radical (unpaired) electrons. The molecular formula is C19H23N3O2S. The average molecular weight is 357 g/mol. The molecule has 5 rings (SSSR count). The maximum absolute atomic E-state index is 13.4. The van der Waals surface area contributed by atoms with E-state index in [4.69, 9.17) is 0 Å². The summed E-state index contributed by atoms with van der Waals surface area (Å²) in [5.41, 5.74) is 2.08. The number of aromatic nitrogens is 2. The second-order valence-corrected chi connectivity index (χ2v) is 9.62. The largest absolute Gasteiger partial charge is 0.268 e. The van der Waals surface area contributed by atoms with Gasteiger partial charge in [-0.3, -0.25) is 8.99 Å². The molecule has 0 saturated heterocycles. The quantitative estimate of drug-likeness (QED) is 0.843. The molecule has 2 aliphatic carbocycles. The fourth-order valence-electron chi connectivity index (χ4n) is 4.71. The van der Waals surface area contributed by atoms with E-state index in [1.54, 1.807) is 10.5 Å². The molecule has 0 bridgehead atoms. The van der Waals surface area contributed by atoms with E-state index in [1.807, 2.05) is 22.9 Å². The van der Waals surface area contributed by atoms with Crippen molar-refractivity contribution in [3.63, 3.8) is 0 Å². The van der Waals surface area contributed by atoms with Crippen LogP contribution < -0.4 is 4.31 Å². The Labute approximate surface area is 148 Å². The fraction of sp³-hybridized carbons (Fsp3) is 0.526. The topological polar surface area (TPSA) is 55.2 Å². The molecule has 2 fully saturated rings. The van der Waals surface area contributed by atoms with E-state index < -0.39 is 10.0 Å². The lowest BCUT2D eigenvalue weighted by Crippen LogP contribution is -2.35. The van der Waals surface area contributed by atoms with Crippen LogP contribution in [0.25, 0.3) is 0 Å². The monoisotopic (exact) mass is 357 g/mol. The van der Waals surface area contributed by atoms with Crippen LogP contribution in [-0.2, 0) is 15.4 Å². The average Bonchev–Trinajstić information content (AvgIpc) is 3.28. The van der Waals surface area contributed by atoms with E-state index in [0.717, 1.165) is 31.4 Å². The summed E-state index contributed by atoms with van der Waals surface area (Å²) in [4.78, 5) is 0.323. The van der Waals surface area contributed by atoms with Crippen LogP contribution in [0.5, 0.6) is 0 Å². The van der Waals surface area contributed by atoms with Crippen molar-refractivity contribution in [3.8, 4) is 0 Å². The maximum Gasteiger partial charge on any atom is 0.267 e. The summed E-state index contributed by atoms with van der Waals surface area (Å²) in [6.45, 7) is 0.573. The number of anilines is 1. The van der Waals surface area contributed by atoms with Gasteiger partial charge in [-0.2, -0.15) is 5.10 Å². The van der Waals surface area contributed by atoms with Crippen molar-refractivity contribution in [1.82, 2.24) is 9.78 Å². The van der Waals surface area contributed by atoms with E-state index in [1.165, 1.54) is 31.0 Å². The van der Waals surface area contributed by atoms with Crippen molar-refractivity contribution < 1.29 is 8.42 Å². The molecule has 1 aromatic heterocycles. The summed E-state index contributed by atoms with van der Waals surface area (Å²) in [5, 5.41) is 4.33. The zero-order chi connectivity index (χ0) is 17.1. The van der Waals surface area contributed by atoms with Gasteiger partial charge >= 0.3 is 0 Å². The van der Waals surface area contributed by atoms with Crippen LogP contribution in [-0.4, -0.2) is 24.7 Å². The lowest BCUT2D eigenvalue weighted by atomic mass is 9.81. The summed E-state index contributed by atoms with van der Waals surface area (Å²) >= 11 is 0. The first-order chi connectivity index (χ1) is 12.1. The number of sulfonamides is 1. The Bertz CT molecular complexity index is 908. The molecule has 2 saturated carbocycles. The molecule has 2 aromatic rings. The third-order valence-electron chi connectivity index (χ3n) is 6.37. The molecular weight excluding hydrogens is 334 g/mol. The summed E-state index contributed by atoms with van der Waals surface area (Å²) in [7, 11) is -3.56. The molecule has 0 amide bonds. The highest BCUT2D eigenvalue weighted by Gasteiger charge is 2.48.